The first-order chi connectivity index (χ1) is 20.6. The Morgan fingerprint density at radius 2 is 1.62 bits per heavy atom. The van der Waals surface area contributed by atoms with Crippen LogP contribution in [0, 0.1) is 11.8 Å². The molecular formula is C36H36N2O4. The highest BCUT2D eigenvalue weighted by atomic mass is 16.5. The van der Waals surface area contributed by atoms with E-state index < -0.39 is 6.04 Å². The number of pyridine rings is 1. The zero-order valence-corrected chi connectivity index (χ0v) is 24.1. The van der Waals surface area contributed by atoms with E-state index in [1.165, 1.54) is 5.56 Å². The first-order valence-corrected chi connectivity index (χ1v) is 14.3. The van der Waals surface area contributed by atoms with Gasteiger partial charge in [0, 0.05) is 47.1 Å². The fourth-order valence-electron chi connectivity index (χ4n) is 4.39. The first kappa shape index (κ1) is 30.2. The van der Waals surface area contributed by atoms with Gasteiger partial charge in [-0.3, -0.25) is 9.78 Å². The molecule has 1 atom stereocenters. The van der Waals surface area contributed by atoms with Gasteiger partial charge in [-0.25, -0.2) is 4.79 Å². The van der Waals surface area contributed by atoms with Crippen LogP contribution in [0.5, 0.6) is 0 Å². The Hall–Kier alpha value is -4.73. The maximum absolute atomic E-state index is 13.2. The van der Waals surface area contributed by atoms with Crippen LogP contribution in [-0.4, -0.2) is 42.6 Å². The number of hydrogen-bond acceptors (Lipinski definition) is 6. The number of nitrogens with zero attached hydrogens (tertiary/aromatic N) is 1. The third-order valence-electron chi connectivity index (χ3n) is 6.71. The molecule has 0 aliphatic carbocycles. The highest BCUT2D eigenvalue weighted by molar-refractivity contribution is 6.12. The van der Waals surface area contributed by atoms with Crippen LogP contribution in [0.1, 0.15) is 52.2 Å². The molecule has 1 aromatic heterocycles. The molecule has 6 nitrogen and oxygen atoms in total. The summed E-state index contributed by atoms with van der Waals surface area (Å²) < 4.78 is 11.0. The van der Waals surface area contributed by atoms with E-state index in [1.807, 2.05) is 72.9 Å². The number of carbonyl (C=O) groups is 2. The van der Waals surface area contributed by atoms with Crippen molar-refractivity contribution in [3.63, 3.8) is 0 Å². The summed E-state index contributed by atoms with van der Waals surface area (Å²) in [5, 5.41) is 3.27. The van der Waals surface area contributed by atoms with Crippen LogP contribution in [0.25, 0.3) is 0 Å². The number of ether oxygens (including phenoxy) is 2. The summed E-state index contributed by atoms with van der Waals surface area (Å²) in [4.78, 5) is 30.5. The molecular weight excluding hydrogens is 524 g/mol. The number of esters is 1. The van der Waals surface area contributed by atoms with Crippen molar-refractivity contribution in [2.45, 2.75) is 39.2 Å². The predicted molar refractivity (Wildman–Crippen MR) is 166 cm³/mol. The number of ketones is 1. The van der Waals surface area contributed by atoms with Gasteiger partial charge >= 0.3 is 5.97 Å². The third-order valence-corrected chi connectivity index (χ3v) is 6.71. The Morgan fingerprint density at radius 1 is 0.881 bits per heavy atom. The lowest BCUT2D eigenvalue weighted by molar-refractivity contribution is -0.144. The Balaban J connectivity index is 1.35. The molecule has 1 heterocycles. The molecule has 0 aliphatic heterocycles. The van der Waals surface area contributed by atoms with Crippen LogP contribution >= 0.6 is 0 Å². The van der Waals surface area contributed by atoms with E-state index in [0.717, 1.165) is 29.7 Å². The summed E-state index contributed by atoms with van der Waals surface area (Å²) >= 11 is 0. The highest BCUT2D eigenvalue weighted by Gasteiger charge is 2.23. The summed E-state index contributed by atoms with van der Waals surface area (Å²) in [6.07, 6.45) is 4.03. The smallest absolute Gasteiger partial charge is 0.328 e. The van der Waals surface area contributed by atoms with Gasteiger partial charge in [0.15, 0.2) is 5.78 Å². The second-order valence-electron chi connectivity index (χ2n) is 9.71. The van der Waals surface area contributed by atoms with E-state index in [9.17, 15) is 9.59 Å². The SMILES string of the molecule is CCOC(=O)[C@H](Cc1ccc(C#CCOCCc2ccc(CC)cn2)cc1)Nc1ccccc1C(=O)c1ccccc1. The van der Waals surface area contributed by atoms with Gasteiger partial charge in [0.05, 0.1) is 13.2 Å². The second kappa shape index (κ2) is 15.9. The summed E-state index contributed by atoms with van der Waals surface area (Å²) in [7, 11) is 0. The quantitative estimate of drug-likeness (QED) is 0.0926. The molecule has 4 rings (SSSR count). The van der Waals surface area contributed by atoms with E-state index in [-0.39, 0.29) is 18.4 Å². The summed E-state index contributed by atoms with van der Waals surface area (Å²) in [6.45, 7) is 5.06. The molecule has 0 spiro atoms. The molecule has 0 amide bonds. The number of aryl methyl sites for hydroxylation is 1. The van der Waals surface area contributed by atoms with Gasteiger partial charge < -0.3 is 14.8 Å². The van der Waals surface area contributed by atoms with Crippen molar-refractivity contribution in [2.75, 3.05) is 25.1 Å². The van der Waals surface area contributed by atoms with Gasteiger partial charge in [0.25, 0.3) is 0 Å². The lowest BCUT2D eigenvalue weighted by atomic mass is 10.00. The minimum absolute atomic E-state index is 0.115. The number of aromatic nitrogens is 1. The topological polar surface area (TPSA) is 77.5 Å². The summed E-state index contributed by atoms with van der Waals surface area (Å²) in [6, 6.07) is 27.5. The van der Waals surface area contributed by atoms with Crippen LogP contribution < -0.4 is 5.32 Å². The summed E-state index contributed by atoms with van der Waals surface area (Å²) in [5.74, 6) is 5.68. The fraction of sp³-hybridized carbons (Fsp3) is 0.250. The number of anilines is 1. The van der Waals surface area contributed by atoms with Crippen LogP contribution in [0.3, 0.4) is 0 Å². The Kier molecular flexibility index (Phi) is 11.4. The Labute approximate surface area is 248 Å². The molecule has 214 valence electrons. The summed E-state index contributed by atoms with van der Waals surface area (Å²) in [5.41, 5.74) is 5.70. The Bertz CT molecular complexity index is 1500. The molecule has 3 aromatic carbocycles. The van der Waals surface area contributed by atoms with Gasteiger partial charge in [0.1, 0.15) is 12.6 Å². The standard InChI is InChI=1S/C36H36N2O4/c1-3-27-20-21-31(37-26-27)22-24-41-23-10-11-28-16-18-29(19-17-28)25-34(36(40)42-4-2)38-33-15-9-8-14-32(33)35(39)30-12-6-5-7-13-30/h5-9,12-21,26,34,38H,3-4,22-25H2,1-2H3/t34-/m0/s1. The zero-order chi connectivity index (χ0) is 29.6. The number of hydrogen-bond donors (Lipinski definition) is 1. The average Bonchev–Trinajstić information content (AvgIpc) is 3.04. The van der Waals surface area contributed by atoms with Crippen molar-refractivity contribution in [1.29, 1.82) is 0 Å². The van der Waals surface area contributed by atoms with Crippen molar-refractivity contribution in [1.82, 2.24) is 4.98 Å². The molecule has 0 fully saturated rings. The maximum atomic E-state index is 13.2. The fourth-order valence-corrected chi connectivity index (χ4v) is 4.39. The van der Waals surface area contributed by atoms with Crippen molar-refractivity contribution >= 4 is 17.4 Å². The van der Waals surface area contributed by atoms with Crippen LogP contribution in [0.2, 0.25) is 0 Å². The lowest BCUT2D eigenvalue weighted by Crippen LogP contribution is -2.34. The normalized spacial score (nSPS) is 11.2. The maximum Gasteiger partial charge on any atom is 0.328 e. The first-order valence-electron chi connectivity index (χ1n) is 14.3. The molecule has 1 N–H and O–H groups in total. The van der Waals surface area contributed by atoms with Gasteiger partial charge in [-0.05, 0) is 54.8 Å². The molecule has 42 heavy (non-hydrogen) atoms. The third kappa shape index (κ3) is 8.89. The second-order valence-corrected chi connectivity index (χ2v) is 9.71. The Morgan fingerprint density at radius 3 is 2.33 bits per heavy atom. The van der Waals surface area contributed by atoms with Crippen LogP contribution in [0.15, 0.2) is 97.2 Å². The van der Waals surface area contributed by atoms with Crippen molar-refractivity contribution in [2.24, 2.45) is 0 Å². The lowest BCUT2D eigenvalue weighted by Gasteiger charge is -2.20. The molecule has 0 bridgehead atoms. The van der Waals surface area contributed by atoms with E-state index in [4.69, 9.17) is 9.47 Å². The molecule has 0 unspecified atom stereocenters. The van der Waals surface area contributed by atoms with Crippen molar-refractivity contribution in [3.8, 4) is 11.8 Å². The van der Waals surface area contributed by atoms with Gasteiger partial charge in [-0.1, -0.05) is 79.4 Å². The zero-order valence-electron chi connectivity index (χ0n) is 24.1. The number of para-hydroxylation sites is 1. The van der Waals surface area contributed by atoms with E-state index >= 15 is 0 Å². The van der Waals surface area contributed by atoms with Crippen molar-refractivity contribution < 1.29 is 19.1 Å². The number of benzene rings is 3. The minimum atomic E-state index is -0.673. The molecule has 6 heteroatoms. The molecule has 0 radical (unpaired) electrons. The molecule has 0 saturated carbocycles. The monoisotopic (exact) mass is 560 g/mol. The van der Waals surface area contributed by atoms with E-state index in [1.54, 1.807) is 25.1 Å². The van der Waals surface area contributed by atoms with E-state index in [2.05, 4.69) is 35.1 Å². The van der Waals surface area contributed by atoms with Gasteiger partial charge in [0.2, 0.25) is 0 Å². The molecule has 0 saturated heterocycles. The van der Waals surface area contributed by atoms with Gasteiger partial charge in [-0.15, -0.1) is 0 Å². The number of rotatable bonds is 13. The van der Waals surface area contributed by atoms with Gasteiger partial charge in [-0.2, -0.15) is 0 Å². The average molecular weight is 561 g/mol. The van der Waals surface area contributed by atoms with Crippen LogP contribution in [0.4, 0.5) is 5.69 Å². The highest BCUT2D eigenvalue weighted by Crippen LogP contribution is 2.22. The van der Waals surface area contributed by atoms with Crippen LogP contribution in [-0.2, 0) is 33.5 Å². The van der Waals surface area contributed by atoms with E-state index in [0.29, 0.717) is 36.4 Å². The minimum Gasteiger partial charge on any atom is -0.464 e. The number of carbonyl (C=O) groups excluding carboxylic acids is 2. The number of nitrogens with one attached hydrogen (secondary N) is 1. The predicted octanol–water partition coefficient (Wildman–Crippen LogP) is 6.07. The molecule has 0 aliphatic rings. The largest absolute Gasteiger partial charge is 0.464 e. The van der Waals surface area contributed by atoms with Crippen molar-refractivity contribution in [3.05, 3.63) is 131 Å². The molecule has 4 aromatic rings.